The number of aromatic nitrogens is 4. The average Bonchev–Trinajstić information content (AvgIpc) is 2.97. The third-order valence-corrected chi connectivity index (χ3v) is 3.68. The normalized spacial score (nSPS) is 10.6. The average molecular weight is 371 g/mol. The number of hydrogen-bond donors (Lipinski definition) is 1. The largest absolute Gasteiger partial charge is 0.465 e. The summed E-state index contributed by atoms with van der Waals surface area (Å²) in [5, 5.41) is 18.3. The molecule has 1 N–H and O–H groups in total. The van der Waals surface area contributed by atoms with E-state index in [0.717, 1.165) is 11.8 Å². The van der Waals surface area contributed by atoms with Gasteiger partial charge in [-0.15, -0.1) is 10.2 Å². The fourth-order valence-corrected chi connectivity index (χ4v) is 2.42. The van der Waals surface area contributed by atoms with E-state index in [9.17, 15) is 24.5 Å². The maximum atomic E-state index is 12.1. The van der Waals surface area contributed by atoms with Crippen molar-refractivity contribution in [2.45, 2.75) is 25.6 Å². The molecule has 0 unspecified atom stereocenters. The fraction of sp³-hybridized carbons (Fsp3) is 0.417. The van der Waals surface area contributed by atoms with E-state index in [-0.39, 0.29) is 29.2 Å². The maximum absolute atomic E-state index is 12.1. The number of H-pyrrole nitrogens is 1. The molecule has 0 saturated carbocycles. The molecule has 0 atom stereocenters. The number of thioether (sulfide) groups is 1. The Morgan fingerprint density at radius 1 is 1.44 bits per heavy atom. The highest BCUT2D eigenvalue weighted by Crippen LogP contribution is 2.16. The first-order valence-corrected chi connectivity index (χ1v) is 7.91. The van der Waals surface area contributed by atoms with Crippen molar-refractivity contribution < 1.29 is 18.9 Å². The van der Waals surface area contributed by atoms with Gasteiger partial charge in [0.1, 0.15) is 18.0 Å². The summed E-state index contributed by atoms with van der Waals surface area (Å²) in [4.78, 5) is 47.5. The zero-order valence-electron chi connectivity index (χ0n) is 13.2. The number of aryl methyl sites for hydroxylation is 1. The molecule has 0 aliphatic carbocycles. The zero-order chi connectivity index (χ0) is 18.6. The lowest BCUT2D eigenvalue weighted by molar-refractivity contribution is -0.387. The molecule has 0 amide bonds. The molecule has 2 aromatic rings. The van der Waals surface area contributed by atoms with Crippen LogP contribution in [0.15, 0.2) is 19.2 Å². The number of ether oxygens (including phenoxy) is 1. The van der Waals surface area contributed by atoms with Gasteiger partial charge in [-0.3, -0.25) is 19.7 Å². The van der Waals surface area contributed by atoms with E-state index < -0.39 is 34.4 Å². The van der Waals surface area contributed by atoms with E-state index >= 15 is 0 Å². The Bertz CT molecular complexity index is 915. The predicted octanol–water partition coefficient (Wildman–Crippen LogP) is -0.160. The molecule has 13 heteroatoms. The molecular formula is C12H13N5O7S. The Hall–Kier alpha value is -2.96. The van der Waals surface area contributed by atoms with Crippen LogP contribution in [-0.2, 0) is 16.1 Å². The number of rotatable bonds is 7. The van der Waals surface area contributed by atoms with Gasteiger partial charge in [0.15, 0.2) is 0 Å². The van der Waals surface area contributed by atoms with Crippen molar-refractivity contribution in [1.82, 2.24) is 19.7 Å². The van der Waals surface area contributed by atoms with Crippen molar-refractivity contribution in [3.63, 3.8) is 0 Å². The van der Waals surface area contributed by atoms with Crippen LogP contribution in [-0.4, -0.2) is 43.0 Å². The molecule has 0 fully saturated rings. The van der Waals surface area contributed by atoms with Gasteiger partial charge in [-0.2, -0.15) is 0 Å². The van der Waals surface area contributed by atoms with Crippen LogP contribution in [0.1, 0.15) is 18.5 Å². The molecule has 0 aromatic carbocycles. The standard InChI is InChI=1S/C12H13N5O7S/c1-3-23-8(18)5-25-12-15-14-7(24-12)4-16-10(19)9(17(21)22)6(2)13-11(16)20/h3-5H2,1-2H3,(H,13,20). The molecule has 0 saturated heterocycles. The molecule has 12 nitrogen and oxygen atoms in total. The van der Waals surface area contributed by atoms with Crippen molar-refractivity contribution in [3.8, 4) is 0 Å². The third kappa shape index (κ3) is 4.32. The van der Waals surface area contributed by atoms with Crippen LogP contribution in [0, 0.1) is 17.0 Å². The third-order valence-electron chi connectivity index (χ3n) is 2.89. The lowest BCUT2D eigenvalue weighted by Gasteiger charge is -2.02. The van der Waals surface area contributed by atoms with Crippen molar-refractivity contribution in [1.29, 1.82) is 0 Å². The monoisotopic (exact) mass is 371 g/mol. The summed E-state index contributed by atoms with van der Waals surface area (Å²) in [6, 6.07) is 0. The Labute approximate surface area is 143 Å². The van der Waals surface area contributed by atoms with Crippen LogP contribution in [0.5, 0.6) is 0 Å². The van der Waals surface area contributed by atoms with E-state index in [4.69, 9.17) is 9.15 Å². The molecule has 0 bridgehead atoms. The van der Waals surface area contributed by atoms with Crippen LogP contribution in [0.4, 0.5) is 5.69 Å². The van der Waals surface area contributed by atoms with Crippen LogP contribution in [0.2, 0.25) is 0 Å². The van der Waals surface area contributed by atoms with Gasteiger partial charge >= 0.3 is 22.9 Å². The SMILES string of the molecule is CCOC(=O)CSc1nnc(Cn2c(=O)[nH]c(C)c([N+](=O)[O-])c2=O)o1. The minimum absolute atomic E-state index is 0.0362. The zero-order valence-corrected chi connectivity index (χ0v) is 14.0. The van der Waals surface area contributed by atoms with Crippen molar-refractivity contribution in [2.75, 3.05) is 12.4 Å². The Morgan fingerprint density at radius 3 is 2.80 bits per heavy atom. The van der Waals surface area contributed by atoms with E-state index in [1.54, 1.807) is 6.92 Å². The lowest BCUT2D eigenvalue weighted by atomic mass is 10.3. The van der Waals surface area contributed by atoms with Gasteiger partial charge in [0, 0.05) is 0 Å². The number of nitro groups is 1. The van der Waals surface area contributed by atoms with Gasteiger partial charge in [-0.1, -0.05) is 11.8 Å². The number of carbonyl (C=O) groups excluding carboxylic acids is 1. The molecular weight excluding hydrogens is 358 g/mol. The molecule has 134 valence electrons. The van der Waals surface area contributed by atoms with Crippen LogP contribution >= 0.6 is 11.8 Å². The van der Waals surface area contributed by atoms with Crippen molar-refractivity contribution in [3.05, 3.63) is 42.5 Å². The number of hydrogen-bond acceptors (Lipinski definition) is 10. The lowest BCUT2D eigenvalue weighted by Crippen LogP contribution is -2.37. The first kappa shape index (κ1) is 18.4. The molecule has 0 spiro atoms. The van der Waals surface area contributed by atoms with Crippen LogP contribution in [0.3, 0.4) is 0 Å². The van der Waals surface area contributed by atoms with Gasteiger partial charge in [0.2, 0.25) is 5.89 Å². The summed E-state index contributed by atoms with van der Waals surface area (Å²) in [5.74, 6) is -0.627. The molecule has 2 rings (SSSR count). The van der Waals surface area contributed by atoms with Gasteiger partial charge in [-0.05, 0) is 13.8 Å². The first-order valence-electron chi connectivity index (χ1n) is 6.92. The van der Waals surface area contributed by atoms with Gasteiger partial charge in [-0.25, -0.2) is 9.36 Å². The van der Waals surface area contributed by atoms with Gasteiger partial charge < -0.3 is 14.1 Å². The topological polar surface area (TPSA) is 163 Å². The Balaban J connectivity index is 2.20. The summed E-state index contributed by atoms with van der Waals surface area (Å²) in [7, 11) is 0. The Morgan fingerprint density at radius 2 is 2.16 bits per heavy atom. The minimum Gasteiger partial charge on any atom is -0.465 e. The second kappa shape index (κ2) is 7.74. The molecule has 2 aromatic heterocycles. The molecule has 2 heterocycles. The summed E-state index contributed by atoms with van der Waals surface area (Å²) in [5.41, 5.74) is -2.80. The summed E-state index contributed by atoms with van der Waals surface area (Å²) < 4.78 is 10.5. The minimum atomic E-state index is -1.08. The van der Waals surface area contributed by atoms with E-state index in [0.29, 0.717) is 4.57 Å². The second-order valence-corrected chi connectivity index (χ2v) is 5.53. The molecule has 0 aliphatic rings. The number of aromatic amines is 1. The van der Waals surface area contributed by atoms with Gasteiger partial charge in [0.05, 0.1) is 11.5 Å². The van der Waals surface area contributed by atoms with Crippen molar-refractivity contribution >= 4 is 23.4 Å². The number of esters is 1. The number of nitrogens with one attached hydrogen (secondary N) is 1. The van der Waals surface area contributed by atoms with Crippen molar-refractivity contribution in [2.24, 2.45) is 0 Å². The second-order valence-electron chi connectivity index (χ2n) is 4.61. The highest BCUT2D eigenvalue weighted by atomic mass is 32.2. The van der Waals surface area contributed by atoms with Gasteiger partial charge in [0.25, 0.3) is 5.22 Å². The quantitative estimate of drug-likeness (QED) is 0.299. The predicted molar refractivity (Wildman–Crippen MR) is 83.5 cm³/mol. The highest BCUT2D eigenvalue weighted by molar-refractivity contribution is 7.99. The van der Waals surface area contributed by atoms with E-state index in [2.05, 4.69) is 15.2 Å². The van der Waals surface area contributed by atoms with E-state index in [1.807, 2.05) is 0 Å². The highest BCUT2D eigenvalue weighted by Gasteiger charge is 2.22. The van der Waals surface area contributed by atoms with E-state index in [1.165, 1.54) is 6.92 Å². The maximum Gasteiger partial charge on any atom is 0.353 e. The van der Waals surface area contributed by atoms with Crippen LogP contribution in [0.25, 0.3) is 0 Å². The first-order chi connectivity index (χ1) is 11.8. The van der Waals surface area contributed by atoms with Crippen LogP contribution < -0.4 is 11.2 Å². The molecule has 25 heavy (non-hydrogen) atoms. The molecule has 0 radical (unpaired) electrons. The fourth-order valence-electron chi connectivity index (χ4n) is 1.85. The number of carbonyl (C=O) groups is 1. The summed E-state index contributed by atoms with van der Waals surface area (Å²) in [6.07, 6.45) is 0. The summed E-state index contributed by atoms with van der Waals surface area (Å²) in [6.45, 7) is 2.72. The molecule has 0 aliphatic heterocycles. The summed E-state index contributed by atoms with van der Waals surface area (Å²) >= 11 is 0.922. The number of nitrogens with zero attached hydrogens (tertiary/aromatic N) is 4. The Kier molecular flexibility index (Phi) is 5.69. The smallest absolute Gasteiger partial charge is 0.353 e.